The van der Waals surface area contributed by atoms with Gasteiger partial charge >= 0.3 is 0 Å². The molecular weight excluding hydrogens is 148 g/mol. The summed E-state index contributed by atoms with van der Waals surface area (Å²) in [6.07, 6.45) is 4.04. The van der Waals surface area contributed by atoms with Crippen LogP contribution in [0.15, 0.2) is 0 Å². The van der Waals surface area contributed by atoms with Crippen LogP contribution in [0.1, 0.15) is 33.1 Å². The van der Waals surface area contributed by atoms with E-state index in [4.69, 9.17) is 5.73 Å². The molecule has 12 heavy (non-hydrogen) atoms. The van der Waals surface area contributed by atoms with Crippen molar-refractivity contribution in [2.24, 2.45) is 11.7 Å². The van der Waals surface area contributed by atoms with Gasteiger partial charge in [-0.1, -0.05) is 20.3 Å². The van der Waals surface area contributed by atoms with Crippen molar-refractivity contribution >= 4 is 0 Å². The summed E-state index contributed by atoms with van der Waals surface area (Å²) < 4.78 is 0. The monoisotopic (exact) mass is 170 g/mol. The Morgan fingerprint density at radius 2 is 2.17 bits per heavy atom. The Bertz CT molecular complexity index is 113. The van der Waals surface area contributed by atoms with E-state index < -0.39 is 0 Å². The molecule has 2 N–H and O–H groups in total. The van der Waals surface area contributed by atoms with E-state index in [9.17, 15) is 0 Å². The summed E-state index contributed by atoms with van der Waals surface area (Å²) >= 11 is 0. The standard InChI is InChI=1S/C10H22N2/c1-3-9-6-5-7-12(4-2)10(9)8-11/h9-10H,3-8,11H2,1-2H3. The third kappa shape index (κ3) is 1.99. The minimum atomic E-state index is 0.661. The van der Waals surface area contributed by atoms with E-state index in [0.29, 0.717) is 6.04 Å². The summed E-state index contributed by atoms with van der Waals surface area (Å²) in [5, 5.41) is 0. The second-order valence-electron chi connectivity index (χ2n) is 3.74. The van der Waals surface area contributed by atoms with Crippen LogP contribution in [-0.2, 0) is 0 Å². The SMILES string of the molecule is CCC1CCCN(CC)C1CN. The minimum absolute atomic E-state index is 0.661. The van der Waals surface area contributed by atoms with Crippen LogP contribution in [0.3, 0.4) is 0 Å². The molecule has 1 rings (SSSR count). The topological polar surface area (TPSA) is 29.3 Å². The molecule has 0 bridgehead atoms. The van der Waals surface area contributed by atoms with Crippen LogP contribution in [0.4, 0.5) is 0 Å². The molecule has 2 nitrogen and oxygen atoms in total. The predicted molar refractivity (Wildman–Crippen MR) is 53.1 cm³/mol. The molecule has 0 radical (unpaired) electrons. The molecule has 1 saturated heterocycles. The number of rotatable bonds is 3. The Morgan fingerprint density at radius 1 is 1.42 bits per heavy atom. The van der Waals surface area contributed by atoms with Crippen molar-refractivity contribution in [2.75, 3.05) is 19.6 Å². The van der Waals surface area contributed by atoms with Crippen LogP contribution in [0.2, 0.25) is 0 Å². The molecule has 2 heteroatoms. The molecule has 0 saturated carbocycles. The number of likely N-dealkylation sites (N-methyl/N-ethyl adjacent to an activating group) is 1. The van der Waals surface area contributed by atoms with E-state index >= 15 is 0 Å². The summed E-state index contributed by atoms with van der Waals surface area (Å²) in [4.78, 5) is 2.54. The molecule has 1 fully saturated rings. The molecule has 1 aliphatic heterocycles. The fraction of sp³-hybridized carbons (Fsp3) is 1.00. The van der Waals surface area contributed by atoms with Crippen LogP contribution in [0.25, 0.3) is 0 Å². The van der Waals surface area contributed by atoms with Crippen molar-refractivity contribution in [2.45, 2.75) is 39.2 Å². The lowest BCUT2D eigenvalue weighted by atomic mass is 9.87. The molecule has 0 aliphatic carbocycles. The maximum Gasteiger partial charge on any atom is 0.0246 e. The van der Waals surface area contributed by atoms with Gasteiger partial charge in [-0.25, -0.2) is 0 Å². The zero-order valence-electron chi connectivity index (χ0n) is 8.42. The van der Waals surface area contributed by atoms with Gasteiger partial charge in [0.2, 0.25) is 0 Å². The van der Waals surface area contributed by atoms with Crippen molar-refractivity contribution in [1.82, 2.24) is 4.90 Å². The lowest BCUT2D eigenvalue weighted by Gasteiger charge is -2.40. The molecular formula is C10H22N2. The van der Waals surface area contributed by atoms with E-state index in [1.165, 1.54) is 32.4 Å². The normalized spacial score (nSPS) is 32.2. The fourth-order valence-corrected chi connectivity index (χ4v) is 2.42. The van der Waals surface area contributed by atoms with E-state index in [2.05, 4.69) is 18.7 Å². The number of hydrogen-bond acceptors (Lipinski definition) is 2. The van der Waals surface area contributed by atoms with Gasteiger partial charge in [0.1, 0.15) is 0 Å². The third-order valence-corrected chi connectivity index (χ3v) is 3.21. The van der Waals surface area contributed by atoms with E-state index in [-0.39, 0.29) is 0 Å². The second kappa shape index (κ2) is 4.83. The number of piperidine rings is 1. The van der Waals surface area contributed by atoms with Crippen molar-refractivity contribution < 1.29 is 0 Å². The average molecular weight is 170 g/mol. The molecule has 0 spiro atoms. The summed E-state index contributed by atoms with van der Waals surface area (Å²) in [6, 6.07) is 0.661. The van der Waals surface area contributed by atoms with Crippen molar-refractivity contribution in [1.29, 1.82) is 0 Å². The molecule has 72 valence electrons. The van der Waals surface area contributed by atoms with Gasteiger partial charge in [0, 0.05) is 12.6 Å². The first-order chi connectivity index (χ1) is 5.83. The Kier molecular flexibility index (Phi) is 4.02. The van der Waals surface area contributed by atoms with E-state index in [0.717, 1.165) is 12.5 Å². The number of hydrogen-bond donors (Lipinski definition) is 1. The van der Waals surface area contributed by atoms with E-state index in [1.54, 1.807) is 0 Å². The molecule has 1 heterocycles. The van der Waals surface area contributed by atoms with Crippen LogP contribution in [0.5, 0.6) is 0 Å². The average Bonchev–Trinajstić information content (AvgIpc) is 2.16. The summed E-state index contributed by atoms with van der Waals surface area (Å²) in [5.41, 5.74) is 5.79. The Hall–Kier alpha value is -0.0800. The molecule has 0 aromatic rings. The van der Waals surface area contributed by atoms with Gasteiger partial charge in [0.05, 0.1) is 0 Å². The first-order valence-corrected chi connectivity index (χ1v) is 5.27. The summed E-state index contributed by atoms with van der Waals surface area (Å²) in [7, 11) is 0. The van der Waals surface area contributed by atoms with Gasteiger partial charge in [-0.05, 0) is 31.8 Å². The first-order valence-electron chi connectivity index (χ1n) is 5.27. The van der Waals surface area contributed by atoms with Crippen LogP contribution in [0, 0.1) is 5.92 Å². The Labute approximate surface area is 76.1 Å². The van der Waals surface area contributed by atoms with Gasteiger partial charge in [-0.3, -0.25) is 4.90 Å². The van der Waals surface area contributed by atoms with Gasteiger partial charge in [0.25, 0.3) is 0 Å². The third-order valence-electron chi connectivity index (χ3n) is 3.21. The highest BCUT2D eigenvalue weighted by Crippen LogP contribution is 2.25. The van der Waals surface area contributed by atoms with Gasteiger partial charge in [0.15, 0.2) is 0 Å². The maximum atomic E-state index is 5.79. The van der Waals surface area contributed by atoms with Gasteiger partial charge in [-0.15, -0.1) is 0 Å². The van der Waals surface area contributed by atoms with Gasteiger partial charge < -0.3 is 5.73 Å². The second-order valence-corrected chi connectivity index (χ2v) is 3.74. The van der Waals surface area contributed by atoms with E-state index in [1.807, 2.05) is 0 Å². The first kappa shape index (κ1) is 10.0. The summed E-state index contributed by atoms with van der Waals surface area (Å²) in [6.45, 7) is 7.78. The van der Waals surface area contributed by atoms with Crippen molar-refractivity contribution in [3.8, 4) is 0 Å². The van der Waals surface area contributed by atoms with Crippen LogP contribution >= 0.6 is 0 Å². The predicted octanol–water partition coefficient (Wildman–Crippen LogP) is 1.46. The quantitative estimate of drug-likeness (QED) is 0.694. The minimum Gasteiger partial charge on any atom is -0.329 e. The maximum absolute atomic E-state index is 5.79. The smallest absolute Gasteiger partial charge is 0.0246 e. The zero-order valence-corrected chi connectivity index (χ0v) is 8.42. The lowest BCUT2D eigenvalue weighted by Crippen LogP contribution is -2.48. The molecule has 2 atom stereocenters. The number of likely N-dealkylation sites (tertiary alicyclic amines) is 1. The van der Waals surface area contributed by atoms with Crippen LogP contribution < -0.4 is 5.73 Å². The molecule has 0 aromatic heterocycles. The largest absolute Gasteiger partial charge is 0.329 e. The molecule has 1 aliphatic rings. The number of nitrogens with two attached hydrogens (primary N) is 1. The van der Waals surface area contributed by atoms with Gasteiger partial charge in [-0.2, -0.15) is 0 Å². The summed E-state index contributed by atoms with van der Waals surface area (Å²) in [5.74, 6) is 0.851. The molecule has 2 unspecified atom stereocenters. The number of nitrogens with zero attached hydrogens (tertiary/aromatic N) is 1. The highest BCUT2D eigenvalue weighted by atomic mass is 15.2. The van der Waals surface area contributed by atoms with Crippen LogP contribution in [-0.4, -0.2) is 30.6 Å². The van der Waals surface area contributed by atoms with Crippen molar-refractivity contribution in [3.05, 3.63) is 0 Å². The molecule has 0 amide bonds. The Morgan fingerprint density at radius 3 is 2.67 bits per heavy atom. The fourth-order valence-electron chi connectivity index (χ4n) is 2.42. The zero-order chi connectivity index (χ0) is 8.97. The van der Waals surface area contributed by atoms with Crippen molar-refractivity contribution in [3.63, 3.8) is 0 Å². The Balaban J connectivity index is 2.52. The lowest BCUT2D eigenvalue weighted by molar-refractivity contribution is 0.101. The highest BCUT2D eigenvalue weighted by molar-refractivity contribution is 4.83. The highest BCUT2D eigenvalue weighted by Gasteiger charge is 2.27. The molecule has 0 aromatic carbocycles.